The Morgan fingerprint density at radius 1 is 1.48 bits per heavy atom. The molecular weight excluding hydrogens is 336 g/mol. The van der Waals surface area contributed by atoms with E-state index >= 15 is 0 Å². The Hall–Kier alpha value is -1.95. The van der Waals surface area contributed by atoms with Gasteiger partial charge in [-0.2, -0.15) is 0 Å². The fraction of sp³-hybridized carbons (Fsp3) is 0.267. The molecule has 5 nitrogen and oxygen atoms in total. The lowest BCUT2D eigenvalue weighted by atomic mass is 10.1. The fourth-order valence-electron chi connectivity index (χ4n) is 2.93. The van der Waals surface area contributed by atoms with Crippen LogP contribution in [0.2, 0.25) is 0 Å². The average molecular weight is 349 g/mol. The summed E-state index contributed by atoms with van der Waals surface area (Å²) in [6.45, 7) is 0.933. The molecule has 0 radical (unpaired) electrons. The van der Waals surface area contributed by atoms with Crippen LogP contribution in [0.4, 0.5) is 0 Å². The van der Waals surface area contributed by atoms with Gasteiger partial charge in [-0.25, -0.2) is 0 Å². The van der Waals surface area contributed by atoms with E-state index in [0.717, 1.165) is 46.0 Å². The molecule has 6 heteroatoms. The van der Waals surface area contributed by atoms with Gasteiger partial charge in [0, 0.05) is 39.3 Å². The molecule has 0 bridgehead atoms. The molecule has 1 aromatic heterocycles. The maximum absolute atomic E-state index is 11.1. The zero-order valence-corrected chi connectivity index (χ0v) is 12.8. The number of halogens is 1. The molecule has 1 aliphatic heterocycles. The minimum atomic E-state index is -0.475. The Morgan fingerprint density at radius 3 is 3.00 bits per heavy atom. The molecule has 0 unspecified atom stereocenters. The maximum atomic E-state index is 11.1. The van der Waals surface area contributed by atoms with Crippen LogP contribution in [0.25, 0.3) is 17.0 Å². The molecule has 2 aromatic rings. The Labute approximate surface area is 129 Å². The largest absolute Gasteiger partial charge is 0.344 e. The lowest BCUT2D eigenvalue weighted by molar-refractivity contribution is -0.424. The zero-order valence-electron chi connectivity index (χ0n) is 11.2. The molecule has 0 N–H and O–H groups in total. The monoisotopic (exact) mass is 348 g/mol. The van der Waals surface area contributed by atoms with Crippen LogP contribution in [-0.4, -0.2) is 15.8 Å². The summed E-state index contributed by atoms with van der Waals surface area (Å²) in [6.07, 6.45) is 3.91. The van der Waals surface area contributed by atoms with E-state index in [2.05, 4.69) is 20.5 Å². The first-order chi connectivity index (χ1) is 10.1. The van der Waals surface area contributed by atoms with E-state index in [1.807, 2.05) is 18.2 Å². The number of rotatable bonds is 4. The highest BCUT2D eigenvalue weighted by atomic mass is 79.9. The average Bonchev–Trinajstić information content (AvgIpc) is 3.00. The summed E-state index contributed by atoms with van der Waals surface area (Å²) in [5.41, 5.74) is 3.02. The van der Waals surface area contributed by atoms with Crippen molar-refractivity contribution in [1.82, 2.24) is 4.57 Å². The third kappa shape index (κ3) is 2.40. The number of carbonyl (C=O) groups is 1. The number of hydrogen-bond acceptors (Lipinski definition) is 3. The molecule has 0 saturated heterocycles. The standard InChI is InChI=1S/C15H13BrN2O3/c16-10-3-4-15-12(8-10)13(14-2-1-6-17(14)15)9-11(5-7-19)18(20)21/h3-4,7-9H,1-2,5-6H2. The Balaban J connectivity index is 2.26. The van der Waals surface area contributed by atoms with Crippen LogP contribution in [0.15, 0.2) is 28.4 Å². The van der Waals surface area contributed by atoms with Gasteiger partial charge >= 0.3 is 0 Å². The van der Waals surface area contributed by atoms with Gasteiger partial charge in [-0.1, -0.05) is 15.9 Å². The van der Waals surface area contributed by atoms with E-state index in [0.29, 0.717) is 6.29 Å². The summed E-state index contributed by atoms with van der Waals surface area (Å²) in [6, 6.07) is 5.98. The summed E-state index contributed by atoms with van der Waals surface area (Å²) < 4.78 is 3.15. The SMILES string of the molecule is O=CCC(=Cc1c2n(c3ccc(Br)cc13)CCC2)[N+](=O)[O-]. The predicted octanol–water partition coefficient (Wildman–Crippen LogP) is 3.56. The van der Waals surface area contributed by atoms with Crippen molar-refractivity contribution in [3.63, 3.8) is 0 Å². The molecular formula is C15H13BrN2O3. The van der Waals surface area contributed by atoms with Crippen molar-refractivity contribution in [3.8, 4) is 0 Å². The Bertz CT molecular complexity index is 777. The molecule has 21 heavy (non-hydrogen) atoms. The molecule has 0 atom stereocenters. The number of hydrogen-bond donors (Lipinski definition) is 0. The van der Waals surface area contributed by atoms with Crippen molar-refractivity contribution >= 4 is 39.2 Å². The van der Waals surface area contributed by atoms with Crippen molar-refractivity contribution in [2.45, 2.75) is 25.8 Å². The molecule has 0 spiro atoms. The summed E-state index contributed by atoms with van der Waals surface area (Å²) >= 11 is 3.45. The number of nitro groups is 1. The highest BCUT2D eigenvalue weighted by Crippen LogP contribution is 2.34. The van der Waals surface area contributed by atoms with E-state index < -0.39 is 4.92 Å². The number of nitrogens with zero attached hydrogens (tertiary/aromatic N) is 2. The van der Waals surface area contributed by atoms with Crippen LogP contribution < -0.4 is 0 Å². The van der Waals surface area contributed by atoms with Crippen molar-refractivity contribution in [2.24, 2.45) is 0 Å². The van der Waals surface area contributed by atoms with E-state index in [4.69, 9.17) is 0 Å². The second-order valence-electron chi connectivity index (χ2n) is 5.04. The number of aromatic nitrogens is 1. The van der Waals surface area contributed by atoms with E-state index in [-0.39, 0.29) is 12.1 Å². The van der Waals surface area contributed by atoms with Gasteiger partial charge in [0.05, 0.1) is 11.3 Å². The Morgan fingerprint density at radius 2 is 2.29 bits per heavy atom. The van der Waals surface area contributed by atoms with Crippen LogP contribution in [-0.2, 0) is 17.8 Å². The smallest absolute Gasteiger partial charge is 0.253 e. The minimum Gasteiger partial charge on any atom is -0.344 e. The topological polar surface area (TPSA) is 65.1 Å². The second kappa shape index (κ2) is 5.44. The third-order valence-electron chi connectivity index (χ3n) is 3.81. The number of allylic oxidation sites excluding steroid dienone is 1. The first kappa shape index (κ1) is 14.0. The van der Waals surface area contributed by atoms with Gasteiger partial charge in [0.1, 0.15) is 6.29 Å². The van der Waals surface area contributed by atoms with Gasteiger partial charge in [0.25, 0.3) is 5.70 Å². The summed E-state index contributed by atoms with van der Waals surface area (Å²) in [7, 11) is 0. The first-order valence-electron chi connectivity index (χ1n) is 6.71. The van der Waals surface area contributed by atoms with Gasteiger partial charge in [0.2, 0.25) is 0 Å². The zero-order chi connectivity index (χ0) is 15.0. The van der Waals surface area contributed by atoms with Gasteiger partial charge < -0.3 is 9.36 Å². The molecule has 2 heterocycles. The van der Waals surface area contributed by atoms with Gasteiger partial charge in [0.15, 0.2) is 0 Å². The van der Waals surface area contributed by atoms with Crippen LogP contribution in [0, 0.1) is 10.1 Å². The van der Waals surface area contributed by atoms with Gasteiger partial charge in [-0.3, -0.25) is 10.1 Å². The van der Waals surface area contributed by atoms with Gasteiger partial charge in [-0.05, 0) is 31.0 Å². The third-order valence-corrected chi connectivity index (χ3v) is 4.30. The number of aryl methyl sites for hydroxylation is 1. The molecule has 1 aromatic carbocycles. The minimum absolute atomic E-state index is 0.0628. The highest BCUT2D eigenvalue weighted by Gasteiger charge is 2.22. The number of benzene rings is 1. The summed E-state index contributed by atoms with van der Waals surface area (Å²) in [4.78, 5) is 21.2. The normalized spacial score (nSPS) is 14.4. The predicted molar refractivity (Wildman–Crippen MR) is 83.6 cm³/mol. The molecule has 1 aliphatic rings. The maximum Gasteiger partial charge on any atom is 0.253 e. The van der Waals surface area contributed by atoms with Crippen molar-refractivity contribution < 1.29 is 9.72 Å². The lowest BCUT2D eigenvalue weighted by Crippen LogP contribution is -1.99. The lowest BCUT2D eigenvalue weighted by Gasteiger charge is -1.99. The molecule has 108 valence electrons. The van der Waals surface area contributed by atoms with Crippen LogP contribution in [0.5, 0.6) is 0 Å². The number of fused-ring (bicyclic) bond motifs is 3. The summed E-state index contributed by atoms with van der Waals surface area (Å²) in [5.74, 6) is 0. The summed E-state index contributed by atoms with van der Waals surface area (Å²) in [5, 5.41) is 12.1. The first-order valence-corrected chi connectivity index (χ1v) is 7.50. The van der Waals surface area contributed by atoms with Crippen LogP contribution in [0.1, 0.15) is 24.1 Å². The molecule has 3 rings (SSSR count). The molecule has 0 saturated carbocycles. The molecule has 0 amide bonds. The number of aldehydes is 1. The Kier molecular flexibility index (Phi) is 3.63. The van der Waals surface area contributed by atoms with E-state index in [9.17, 15) is 14.9 Å². The van der Waals surface area contributed by atoms with Crippen molar-refractivity contribution in [1.29, 1.82) is 0 Å². The molecule has 0 aliphatic carbocycles. The van der Waals surface area contributed by atoms with Crippen molar-refractivity contribution in [3.05, 3.63) is 49.7 Å². The molecule has 0 fully saturated rings. The van der Waals surface area contributed by atoms with Gasteiger partial charge in [-0.15, -0.1) is 0 Å². The highest BCUT2D eigenvalue weighted by molar-refractivity contribution is 9.10. The van der Waals surface area contributed by atoms with Crippen molar-refractivity contribution in [2.75, 3.05) is 0 Å². The quantitative estimate of drug-likeness (QED) is 0.482. The van der Waals surface area contributed by atoms with E-state index in [1.165, 1.54) is 0 Å². The van der Waals surface area contributed by atoms with Crippen LogP contribution >= 0.6 is 15.9 Å². The van der Waals surface area contributed by atoms with E-state index in [1.54, 1.807) is 6.08 Å². The second-order valence-corrected chi connectivity index (χ2v) is 5.96. The fourth-order valence-corrected chi connectivity index (χ4v) is 3.30. The van der Waals surface area contributed by atoms with Crippen LogP contribution in [0.3, 0.4) is 0 Å². The number of carbonyl (C=O) groups excluding carboxylic acids is 1.